The van der Waals surface area contributed by atoms with Gasteiger partial charge in [-0.1, -0.05) is 23.7 Å². The van der Waals surface area contributed by atoms with Gasteiger partial charge in [0, 0.05) is 35.8 Å². The van der Waals surface area contributed by atoms with Gasteiger partial charge in [-0.25, -0.2) is 0 Å². The van der Waals surface area contributed by atoms with Gasteiger partial charge in [-0.2, -0.15) is 0 Å². The number of nitro benzene ring substituents is 2. The Kier molecular flexibility index (Phi) is 8.57. The second-order valence-corrected chi connectivity index (χ2v) is 6.36. The minimum atomic E-state index is -0.665. The van der Waals surface area contributed by atoms with E-state index in [0.717, 1.165) is 0 Å². The predicted octanol–water partition coefficient (Wildman–Crippen LogP) is 1.97. The van der Waals surface area contributed by atoms with Gasteiger partial charge in [0.1, 0.15) is 17.1 Å². The van der Waals surface area contributed by atoms with Gasteiger partial charge in [0.2, 0.25) is 0 Å². The largest absolute Gasteiger partial charge is 0.396 e. The molecule has 0 heterocycles. The highest BCUT2D eigenvalue weighted by Crippen LogP contribution is 2.36. The Morgan fingerprint density at radius 2 is 1.52 bits per heavy atom. The van der Waals surface area contributed by atoms with Crippen molar-refractivity contribution in [2.24, 2.45) is 0 Å². The minimum absolute atomic E-state index is 0.0795. The summed E-state index contributed by atoms with van der Waals surface area (Å²) in [5.41, 5.74) is 17.6. The molecule has 8 N–H and O–H groups in total. The first-order valence-electron chi connectivity index (χ1n) is 8.31. The fourth-order valence-corrected chi connectivity index (χ4v) is 2.89. The zero-order valence-electron chi connectivity index (χ0n) is 15.6. The SMILES string of the molecule is Cc1ccc(CCO)c([N+](=O)[O-])c1N.Nc1cc(Cl)c(CCO)c(N)c1[N+](=O)[O-]. The molecule has 0 bridgehead atoms. The molecular weight excluding hydrogens is 406 g/mol. The number of aryl methyl sites for hydroxylation is 1. The monoisotopic (exact) mass is 427 g/mol. The summed E-state index contributed by atoms with van der Waals surface area (Å²) < 4.78 is 0. The van der Waals surface area contributed by atoms with Crippen molar-refractivity contribution in [2.45, 2.75) is 19.8 Å². The normalized spacial score (nSPS) is 10.2. The summed E-state index contributed by atoms with van der Waals surface area (Å²) in [6, 6.07) is 4.61. The number of rotatable bonds is 6. The van der Waals surface area contributed by atoms with Crippen molar-refractivity contribution in [1.29, 1.82) is 0 Å². The smallest absolute Gasteiger partial charge is 0.315 e. The highest BCUT2D eigenvalue weighted by Gasteiger charge is 2.22. The number of aliphatic hydroxyl groups excluding tert-OH is 2. The van der Waals surface area contributed by atoms with Gasteiger partial charge in [-0.3, -0.25) is 20.2 Å². The maximum Gasteiger partial charge on any atom is 0.315 e. The third kappa shape index (κ3) is 5.67. The van der Waals surface area contributed by atoms with Crippen LogP contribution in [0.15, 0.2) is 18.2 Å². The summed E-state index contributed by atoms with van der Waals surface area (Å²) in [6.45, 7) is 1.40. The van der Waals surface area contributed by atoms with Gasteiger partial charge >= 0.3 is 5.69 Å². The molecule has 2 aromatic rings. The molecule has 0 aliphatic carbocycles. The lowest BCUT2D eigenvalue weighted by molar-refractivity contribution is -0.384. The number of aliphatic hydroxyl groups is 2. The number of anilines is 3. The van der Waals surface area contributed by atoms with Gasteiger partial charge < -0.3 is 27.4 Å². The third-order valence-corrected chi connectivity index (χ3v) is 4.39. The summed E-state index contributed by atoms with van der Waals surface area (Å²) >= 11 is 5.80. The van der Waals surface area contributed by atoms with E-state index in [1.54, 1.807) is 19.1 Å². The molecule has 0 atom stereocenters. The molecule has 0 spiro atoms. The first-order chi connectivity index (χ1) is 13.6. The fourth-order valence-electron chi connectivity index (χ4n) is 2.58. The van der Waals surface area contributed by atoms with E-state index in [2.05, 4.69) is 0 Å². The molecule has 0 saturated heterocycles. The third-order valence-electron chi connectivity index (χ3n) is 4.05. The van der Waals surface area contributed by atoms with Crippen molar-refractivity contribution < 1.29 is 20.1 Å². The molecule has 0 amide bonds. The highest BCUT2D eigenvalue weighted by atomic mass is 35.5. The molecule has 0 aliphatic rings. The van der Waals surface area contributed by atoms with Gasteiger partial charge in [-0.15, -0.1) is 0 Å². The number of nitrogen functional groups attached to an aromatic ring is 3. The van der Waals surface area contributed by atoms with Crippen LogP contribution in [0.5, 0.6) is 0 Å². The summed E-state index contributed by atoms with van der Waals surface area (Å²) in [5, 5.41) is 39.1. The lowest BCUT2D eigenvalue weighted by atomic mass is 10.1. The number of nitrogens with two attached hydrogens (primary N) is 3. The molecule has 2 rings (SSSR count). The number of hydrogen-bond acceptors (Lipinski definition) is 9. The Bertz CT molecular complexity index is 922. The standard InChI is InChI=1S/C9H12N2O3.C8H10ClN3O3/c1-6-2-3-7(4-5-12)9(8(6)10)11(13)14;9-5-3-6(10)8(12(14)15)7(11)4(5)1-2-13/h2-3,12H,4-5,10H2,1H3;3,13H,1-2,10-11H2. The summed E-state index contributed by atoms with van der Waals surface area (Å²) in [5.74, 6) is 0. The van der Waals surface area contributed by atoms with Crippen molar-refractivity contribution in [1.82, 2.24) is 0 Å². The number of benzene rings is 2. The van der Waals surface area contributed by atoms with Crippen molar-refractivity contribution in [3.63, 3.8) is 0 Å². The van der Waals surface area contributed by atoms with Crippen molar-refractivity contribution in [2.75, 3.05) is 30.4 Å². The van der Waals surface area contributed by atoms with Crippen LogP contribution >= 0.6 is 11.6 Å². The zero-order valence-corrected chi connectivity index (χ0v) is 16.3. The van der Waals surface area contributed by atoms with Crippen LogP contribution in [-0.4, -0.2) is 33.3 Å². The first-order valence-corrected chi connectivity index (χ1v) is 8.69. The van der Waals surface area contributed by atoms with Crippen LogP contribution in [-0.2, 0) is 12.8 Å². The van der Waals surface area contributed by atoms with Crippen LogP contribution in [0.3, 0.4) is 0 Å². The van der Waals surface area contributed by atoms with Gasteiger partial charge in [-0.05, 0) is 25.0 Å². The Labute approximate surface area is 171 Å². The van der Waals surface area contributed by atoms with Crippen LogP contribution in [0.25, 0.3) is 0 Å². The fraction of sp³-hybridized carbons (Fsp3) is 0.294. The van der Waals surface area contributed by atoms with E-state index in [-0.39, 0.29) is 59.5 Å². The van der Waals surface area contributed by atoms with E-state index in [4.69, 9.17) is 39.0 Å². The maximum atomic E-state index is 10.7. The second-order valence-electron chi connectivity index (χ2n) is 5.95. The second kappa shape index (κ2) is 10.4. The number of nitrogens with zero attached hydrogens (tertiary/aromatic N) is 2. The van der Waals surface area contributed by atoms with Gasteiger partial charge in [0.15, 0.2) is 0 Å². The molecule has 0 aromatic heterocycles. The van der Waals surface area contributed by atoms with Gasteiger partial charge in [0.25, 0.3) is 5.69 Å². The molecule has 0 saturated carbocycles. The van der Waals surface area contributed by atoms with Crippen LogP contribution in [0.1, 0.15) is 16.7 Å². The molecule has 11 nitrogen and oxygen atoms in total. The quantitative estimate of drug-likeness (QED) is 0.259. The number of halogens is 1. The van der Waals surface area contributed by atoms with E-state index < -0.39 is 9.85 Å². The molecule has 12 heteroatoms. The summed E-state index contributed by atoms with van der Waals surface area (Å²) in [7, 11) is 0. The van der Waals surface area contributed by atoms with Crippen LogP contribution in [0.2, 0.25) is 5.02 Å². The molecule has 0 unspecified atom stereocenters. The molecule has 0 fully saturated rings. The average Bonchev–Trinajstić information content (AvgIpc) is 2.62. The van der Waals surface area contributed by atoms with E-state index in [1.807, 2.05) is 0 Å². The van der Waals surface area contributed by atoms with E-state index in [9.17, 15) is 20.2 Å². The van der Waals surface area contributed by atoms with Crippen molar-refractivity contribution in [3.8, 4) is 0 Å². The maximum absolute atomic E-state index is 10.7. The minimum Gasteiger partial charge on any atom is -0.396 e. The number of nitro groups is 2. The van der Waals surface area contributed by atoms with Crippen LogP contribution < -0.4 is 17.2 Å². The lowest BCUT2D eigenvalue weighted by Crippen LogP contribution is -2.06. The average molecular weight is 428 g/mol. The molecule has 0 radical (unpaired) electrons. The Morgan fingerprint density at radius 3 is 2.00 bits per heavy atom. The van der Waals surface area contributed by atoms with Crippen LogP contribution in [0.4, 0.5) is 28.4 Å². The molecule has 158 valence electrons. The van der Waals surface area contributed by atoms with E-state index in [0.29, 0.717) is 16.7 Å². The predicted molar refractivity (Wildman–Crippen MR) is 111 cm³/mol. The van der Waals surface area contributed by atoms with E-state index >= 15 is 0 Å². The Hall–Kier alpha value is -3.15. The highest BCUT2D eigenvalue weighted by molar-refractivity contribution is 6.32. The molecule has 2 aromatic carbocycles. The Balaban J connectivity index is 0.000000291. The Morgan fingerprint density at radius 1 is 0.966 bits per heavy atom. The van der Waals surface area contributed by atoms with Crippen LogP contribution in [0, 0.1) is 27.2 Å². The summed E-state index contributed by atoms with van der Waals surface area (Å²) in [6.07, 6.45) is 0.409. The summed E-state index contributed by atoms with van der Waals surface area (Å²) in [4.78, 5) is 20.2. The topological polar surface area (TPSA) is 205 Å². The molecule has 0 aliphatic heterocycles. The van der Waals surface area contributed by atoms with Crippen molar-refractivity contribution in [3.05, 3.63) is 60.1 Å². The van der Waals surface area contributed by atoms with Gasteiger partial charge in [0.05, 0.1) is 9.85 Å². The molecule has 29 heavy (non-hydrogen) atoms. The van der Waals surface area contributed by atoms with E-state index in [1.165, 1.54) is 6.07 Å². The number of hydrogen-bond donors (Lipinski definition) is 5. The zero-order chi connectivity index (χ0) is 22.3. The molecular formula is C17H22ClN5O6. The lowest BCUT2D eigenvalue weighted by Gasteiger charge is -2.08. The van der Waals surface area contributed by atoms with Crippen molar-refractivity contribution >= 4 is 40.0 Å². The first kappa shape index (κ1) is 23.9.